The zero-order valence-electron chi connectivity index (χ0n) is 14.5. The van der Waals surface area contributed by atoms with Crippen LogP contribution >= 0.6 is 0 Å². The molecule has 0 fully saturated rings. The van der Waals surface area contributed by atoms with Gasteiger partial charge in [-0.2, -0.15) is 0 Å². The van der Waals surface area contributed by atoms with Crippen molar-refractivity contribution in [3.63, 3.8) is 0 Å². The van der Waals surface area contributed by atoms with Gasteiger partial charge in [-0.05, 0) is 25.7 Å². The van der Waals surface area contributed by atoms with Crippen LogP contribution in [0.25, 0.3) is 0 Å². The highest BCUT2D eigenvalue weighted by atomic mass is 14.0. The molecule has 20 heavy (non-hydrogen) atoms. The van der Waals surface area contributed by atoms with Crippen molar-refractivity contribution in [1.29, 1.82) is 0 Å². The highest BCUT2D eigenvalue weighted by Crippen LogP contribution is 2.17. The van der Waals surface area contributed by atoms with Gasteiger partial charge in [-0.25, -0.2) is 0 Å². The summed E-state index contributed by atoms with van der Waals surface area (Å²) in [5, 5.41) is 0. The lowest BCUT2D eigenvalue weighted by Crippen LogP contribution is -1.86. The SMILES string of the molecule is C=C(CCCCCCCCC)CCCCCCCCC. The van der Waals surface area contributed by atoms with Crippen molar-refractivity contribution < 1.29 is 0 Å². The zero-order valence-corrected chi connectivity index (χ0v) is 14.5. The molecule has 0 unspecified atom stereocenters. The first kappa shape index (κ1) is 19.7. The minimum atomic E-state index is 1.28. The molecule has 0 heterocycles. The summed E-state index contributed by atoms with van der Waals surface area (Å²) in [6, 6.07) is 0. The van der Waals surface area contributed by atoms with Crippen molar-refractivity contribution in [2.75, 3.05) is 0 Å². The molecule has 0 rings (SSSR count). The van der Waals surface area contributed by atoms with Crippen LogP contribution in [-0.2, 0) is 0 Å². The molecule has 120 valence electrons. The van der Waals surface area contributed by atoms with Crippen LogP contribution in [0.3, 0.4) is 0 Å². The molecule has 0 saturated carbocycles. The Labute approximate surface area is 129 Å². The van der Waals surface area contributed by atoms with Gasteiger partial charge in [-0.15, -0.1) is 0 Å². The third-order valence-electron chi connectivity index (χ3n) is 4.27. The van der Waals surface area contributed by atoms with Gasteiger partial charge in [-0.1, -0.05) is 103 Å². The van der Waals surface area contributed by atoms with E-state index in [4.69, 9.17) is 0 Å². The third-order valence-corrected chi connectivity index (χ3v) is 4.27. The molecule has 0 aliphatic heterocycles. The number of allylic oxidation sites excluding steroid dienone is 1. The first-order valence-corrected chi connectivity index (χ1v) is 9.47. The van der Waals surface area contributed by atoms with Crippen LogP contribution in [0.4, 0.5) is 0 Å². The molecule has 0 aromatic carbocycles. The van der Waals surface area contributed by atoms with Crippen molar-refractivity contribution in [1.82, 2.24) is 0 Å². The molecule has 0 aromatic rings. The first-order valence-electron chi connectivity index (χ1n) is 9.47. The lowest BCUT2D eigenvalue weighted by atomic mass is 10.0. The van der Waals surface area contributed by atoms with Gasteiger partial charge in [0, 0.05) is 0 Å². The van der Waals surface area contributed by atoms with Crippen LogP contribution < -0.4 is 0 Å². The maximum absolute atomic E-state index is 4.25. The number of hydrogen-bond donors (Lipinski definition) is 0. The maximum Gasteiger partial charge on any atom is -0.0323 e. The lowest BCUT2D eigenvalue weighted by molar-refractivity contribution is 0.571. The predicted octanol–water partition coefficient (Wildman–Crippen LogP) is 7.82. The Morgan fingerprint density at radius 3 is 1.15 bits per heavy atom. The second-order valence-electron chi connectivity index (χ2n) is 6.49. The molecule has 0 bridgehead atoms. The van der Waals surface area contributed by atoms with Gasteiger partial charge in [0.15, 0.2) is 0 Å². The van der Waals surface area contributed by atoms with Crippen LogP contribution in [0.2, 0.25) is 0 Å². The van der Waals surface area contributed by atoms with E-state index in [9.17, 15) is 0 Å². The maximum atomic E-state index is 4.25. The highest BCUT2D eigenvalue weighted by molar-refractivity contribution is 4.93. The predicted molar refractivity (Wildman–Crippen MR) is 94.4 cm³/mol. The van der Waals surface area contributed by atoms with Gasteiger partial charge in [0.2, 0.25) is 0 Å². The van der Waals surface area contributed by atoms with Gasteiger partial charge in [0.1, 0.15) is 0 Å². The Hall–Kier alpha value is -0.260. The number of rotatable bonds is 16. The van der Waals surface area contributed by atoms with E-state index in [0.29, 0.717) is 0 Å². The summed E-state index contributed by atoms with van der Waals surface area (Å²) in [6.45, 7) is 8.82. The van der Waals surface area contributed by atoms with Crippen molar-refractivity contribution >= 4 is 0 Å². The van der Waals surface area contributed by atoms with Gasteiger partial charge in [0.25, 0.3) is 0 Å². The van der Waals surface area contributed by atoms with Crippen LogP contribution in [-0.4, -0.2) is 0 Å². The molecule has 0 amide bonds. The van der Waals surface area contributed by atoms with Crippen LogP contribution in [0.15, 0.2) is 12.2 Å². The van der Waals surface area contributed by atoms with E-state index >= 15 is 0 Å². The zero-order chi connectivity index (χ0) is 14.9. The van der Waals surface area contributed by atoms with E-state index < -0.39 is 0 Å². The molecule has 0 aromatic heterocycles. The average Bonchev–Trinajstić information content (AvgIpc) is 2.45. The van der Waals surface area contributed by atoms with E-state index in [0.717, 1.165) is 0 Å². The van der Waals surface area contributed by atoms with Crippen molar-refractivity contribution in [2.24, 2.45) is 0 Å². The Balaban J connectivity index is 3.13. The van der Waals surface area contributed by atoms with Crippen LogP contribution in [0.1, 0.15) is 117 Å². The summed E-state index contributed by atoms with van der Waals surface area (Å²) in [5.41, 5.74) is 1.51. The molecule has 0 aliphatic carbocycles. The fourth-order valence-electron chi connectivity index (χ4n) is 2.79. The Morgan fingerprint density at radius 1 is 0.500 bits per heavy atom. The fourth-order valence-corrected chi connectivity index (χ4v) is 2.79. The van der Waals surface area contributed by atoms with Gasteiger partial charge >= 0.3 is 0 Å². The summed E-state index contributed by atoms with van der Waals surface area (Å²) in [4.78, 5) is 0. The van der Waals surface area contributed by atoms with E-state index in [1.165, 1.54) is 108 Å². The van der Waals surface area contributed by atoms with Gasteiger partial charge in [-0.3, -0.25) is 0 Å². The molecule has 0 aliphatic rings. The lowest BCUT2D eigenvalue weighted by Gasteiger charge is -2.06. The second-order valence-corrected chi connectivity index (χ2v) is 6.49. The standard InChI is InChI=1S/C20H40/c1-4-6-8-10-12-14-16-18-20(3)19-17-15-13-11-9-7-5-2/h3-19H2,1-2H3. The molecule has 0 atom stereocenters. The summed E-state index contributed by atoms with van der Waals surface area (Å²) in [7, 11) is 0. The minimum absolute atomic E-state index is 1.28. The summed E-state index contributed by atoms with van der Waals surface area (Å²) in [5.74, 6) is 0. The molecule has 0 radical (unpaired) electrons. The van der Waals surface area contributed by atoms with Crippen molar-refractivity contribution in [2.45, 2.75) is 117 Å². The van der Waals surface area contributed by atoms with E-state index in [2.05, 4.69) is 20.4 Å². The quantitative estimate of drug-likeness (QED) is 0.200. The summed E-state index contributed by atoms with van der Waals surface area (Å²) < 4.78 is 0. The highest BCUT2D eigenvalue weighted by Gasteiger charge is 1.97. The van der Waals surface area contributed by atoms with E-state index in [1.807, 2.05) is 0 Å². The van der Waals surface area contributed by atoms with Crippen LogP contribution in [0, 0.1) is 0 Å². The average molecular weight is 281 g/mol. The first-order chi connectivity index (χ1) is 9.81. The van der Waals surface area contributed by atoms with Crippen LogP contribution in [0.5, 0.6) is 0 Å². The van der Waals surface area contributed by atoms with Crippen molar-refractivity contribution in [3.8, 4) is 0 Å². The van der Waals surface area contributed by atoms with E-state index in [1.54, 1.807) is 0 Å². The largest absolute Gasteiger partial charge is 0.0999 e. The molecule has 0 nitrogen and oxygen atoms in total. The molecule has 0 spiro atoms. The Morgan fingerprint density at radius 2 is 0.800 bits per heavy atom. The van der Waals surface area contributed by atoms with E-state index in [-0.39, 0.29) is 0 Å². The number of unbranched alkanes of at least 4 members (excludes halogenated alkanes) is 12. The van der Waals surface area contributed by atoms with Gasteiger partial charge < -0.3 is 0 Å². The fraction of sp³-hybridized carbons (Fsp3) is 0.900. The smallest absolute Gasteiger partial charge is 0.0323 e. The molecule has 0 heteroatoms. The normalized spacial score (nSPS) is 10.9. The Kier molecular flexibility index (Phi) is 16.6. The molecular weight excluding hydrogens is 240 g/mol. The molecule has 0 saturated heterocycles. The summed E-state index contributed by atoms with van der Waals surface area (Å²) in [6.07, 6.45) is 22.3. The topological polar surface area (TPSA) is 0 Å². The monoisotopic (exact) mass is 280 g/mol. The minimum Gasteiger partial charge on any atom is -0.0999 e. The number of hydrogen-bond acceptors (Lipinski definition) is 0. The summed E-state index contributed by atoms with van der Waals surface area (Å²) >= 11 is 0. The van der Waals surface area contributed by atoms with Crippen molar-refractivity contribution in [3.05, 3.63) is 12.2 Å². The molecule has 0 N–H and O–H groups in total. The Bertz CT molecular complexity index is 172. The second kappa shape index (κ2) is 16.8. The third kappa shape index (κ3) is 15.8. The van der Waals surface area contributed by atoms with Gasteiger partial charge in [0.05, 0.1) is 0 Å². The molecular formula is C20H40.